The van der Waals surface area contributed by atoms with E-state index in [1.54, 1.807) is 5.57 Å². The molecule has 0 aromatic heterocycles. The molecule has 162 valence electrons. The Balaban J connectivity index is 1.72. The minimum absolute atomic E-state index is 0.199. The molecule has 29 heavy (non-hydrogen) atoms. The molecule has 0 saturated heterocycles. The molecule has 3 saturated carbocycles. The van der Waals surface area contributed by atoms with Gasteiger partial charge in [-0.2, -0.15) is 0 Å². The van der Waals surface area contributed by atoms with Gasteiger partial charge in [0.05, 0.1) is 11.7 Å². The summed E-state index contributed by atoms with van der Waals surface area (Å²) in [5.41, 5.74) is 3.77. The predicted octanol–water partition coefficient (Wildman–Crippen LogP) is 6.51. The first-order valence-electron chi connectivity index (χ1n) is 11.8. The number of aliphatic hydroxyl groups excluding tert-OH is 1. The van der Waals surface area contributed by atoms with Crippen LogP contribution in [-0.4, -0.2) is 21.9 Å². The summed E-state index contributed by atoms with van der Waals surface area (Å²) in [7, 11) is 0. The molecule has 0 aliphatic heterocycles. The van der Waals surface area contributed by atoms with E-state index in [-0.39, 0.29) is 6.10 Å². The van der Waals surface area contributed by atoms with Gasteiger partial charge < -0.3 is 10.2 Å². The van der Waals surface area contributed by atoms with Crippen molar-refractivity contribution in [3.05, 3.63) is 47.6 Å². The summed E-state index contributed by atoms with van der Waals surface area (Å²) >= 11 is 0. The van der Waals surface area contributed by atoms with Crippen molar-refractivity contribution in [2.24, 2.45) is 23.2 Å². The highest BCUT2D eigenvalue weighted by Gasteiger charge is 2.50. The van der Waals surface area contributed by atoms with Crippen LogP contribution >= 0.6 is 0 Å². The van der Waals surface area contributed by atoms with E-state index < -0.39 is 5.60 Å². The zero-order valence-corrected chi connectivity index (χ0v) is 19.1. The van der Waals surface area contributed by atoms with E-state index in [1.165, 1.54) is 43.3 Å². The molecule has 2 nitrogen and oxygen atoms in total. The molecule has 0 heterocycles. The molecule has 0 aromatic rings. The average Bonchev–Trinajstić information content (AvgIpc) is 2.99. The fourth-order valence-electron chi connectivity index (χ4n) is 6.34. The zero-order valence-electron chi connectivity index (χ0n) is 19.1. The van der Waals surface area contributed by atoms with Crippen molar-refractivity contribution in [3.63, 3.8) is 0 Å². The number of allylic oxidation sites excluding steroid dienone is 5. The summed E-state index contributed by atoms with van der Waals surface area (Å²) in [6, 6.07) is 0. The predicted molar refractivity (Wildman–Crippen MR) is 123 cm³/mol. The summed E-state index contributed by atoms with van der Waals surface area (Å²) < 4.78 is 0. The Morgan fingerprint density at radius 2 is 1.97 bits per heavy atom. The smallest absolute Gasteiger partial charge is 0.0771 e. The van der Waals surface area contributed by atoms with Gasteiger partial charge in [0.15, 0.2) is 0 Å². The Bertz CT molecular complexity index is 690. The van der Waals surface area contributed by atoms with E-state index in [9.17, 15) is 10.2 Å². The van der Waals surface area contributed by atoms with E-state index in [0.717, 1.165) is 31.6 Å². The first-order chi connectivity index (χ1) is 13.6. The molecule has 0 radical (unpaired) electrons. The van der Waals surface area contributed by atoms with Gasteiger partial charge in [0.25, 0.3) is 0 Å². The molecule has 3 rings (SSSR count). The topological polar surface area (TPSA) is 40.5 Å². The molecule has 0 unspecified atom stereocenters. The number of hydrogen-bond acceptors (Lipinski definition) is 2. The molecule has 3 aliphatic rings. The maximum atomic E-state index is 10.0. The number of aliphatic hydroxyl groups is 2. The van der Waals surface area contributed by atoms with Crippen molar-refractivity contribution in [2.75, 3.05) is 0 Å². The maximum absolute atomic E-state index is 10.0. The van der Waals surface area contributed by atoms with E-state index in [1.807, 2.05) is 19.9 Å². The molecular weight excluding hydrogens is 356 g/mol. The third-order valence-electron chi connectivity index (χ3n) is 7.95. The number of fused-ring (bicyclic) bond motifs is 1. The molecule has 2 N–H and O–H groups in total. The Morgan fingerprint density at radius 3 is 2.69 bits per heavy atom. The first kappa shape index (κ1) is 22.6. The number of hydrogen-bond donors (Lipinski definition) is 2. The fourth-order valence-corrected chi connectivity index (χ4v) is 6.34. The Labute approximate surface area is 178 Å². The van der Waals surface area contributed by atoms with Gasteiger partial charge in [-0.25, -0.2) is 0 Å². The summed E-state index contributed by atoms with van der Waals surface area (Å²) in [5.74, 6) is 2.09. The summed E-state index contributed by atoms with van der Waals surface area (Å²) in [4.78, 5) is 0. The monoisotopic (exact) mass is 398 g/mol. The van der Waals surface area contributed by atoms with E-state index in [4.69, 9.17) is 0 Å². The molecule has 0 spiro atoms. The molecule has 0 bridgehead atoms. The molecule has 2 heteroatoms. The quantitative estimate of drug-likeness (QED) is 0.518. The van der Waals surface area contributed by atoms with Crippen molar-refractivity contribution < 1.29 is 10.2 Å². The minimum Gasteiger partial charge on any atom is -0.393 e. The van der Waals surface area contributed by atoms with Gasteiger partial charge >= 0.3 is 0 Å². The molecule has 3 aliphatic carbocycles. The SMILES string of the molecule is C=C1CC[C@H](O)C/C1=C\C=C1/CCC[C@]2(C)[C@@H]([C@H](C)C/C=C/C(C)(C)O)CC[C@@H]12. The molecular formula is C27H42O2. The largest absolute Gasteiger partial charge is 0.393 e. The van der Waals surface area contributed by atoms with Crippen molar-refractivity contribution in [3.8, 4) is 0 Å². The van der Waals surface area contributed by atoms with Crippen LogP contribution in [-0.2, 0) is 0 Å². The summed E-state index contributed by atoms with van der Waals surface area (Å²) in [6.07, 6.45) is 18.7. The standard InChI is InChI=1S/C27H42O2/c1-19-10-13-23(28)18-22(19)12-11-21-9-7-17-27(5)24(14-15-25(21)27)20(2)8-6-16-26(3,4)29/h6,11-12,16,20,23-25,28-29H,1,7-10,13-15,17-18H2,2-5H3/b16-6+,21-11+,22-12+/t20-,23+,24-,25+,27-/m1/s1. The maximum Gasteiger partial charge on any atom is 0.0771 e. The van der Waals surface area contributed by atoms with Crippen molar-refractivity contribution in [1.82, 2.24) is 0 Å². The van der Waals surface area contributed by atoms with Crippen molar-refractivity contribution in [1.29, 1.82) is 0 Å². The van der Waals surface area contributed by atoms with Crippen LogP contribution in [0.1, 0.15) is 85.5 Å². The van der Waals surface area contributed by atoms with Gasteiger partial charge in [-0.15, -0.1) is 0 Å². The van der Waals surface area contributed by atoms with Crippen LogP contribution < -0.4 is 0 Å². The lowest BCUT2D eigenvalue weighted by Crippen LogP contribution is -2.35. The second-order valence-electron chi connectivity index (χ2n) is 10.8. The van der Waals surface area contributed by atoms with Crippen molar-refractivity contribution in [2.45, 2.75) is 97.2 Å². The molecule has 0 amide bonds. The highest BCUT2D eigenvalue weighted by atomic mass is 16.3. The number of rotatable bonds is 5. The third kappa shape index (κ3) is 5.33. The van der Waals surface area contributed by atoms with Gasteiger partial charge in [0.2, 0.25) is 0 Å². The van der Waals surface area contributed by atoms with E-state index >= 15 is 0 Å². The third-order valence-corrected chi connectivity index (χ3v) is 7.95. The van der Waals surface area contributed by atoms with Gasteiger partial charge in [-0.1, -0.05) is 55.9 Å². The second-order valence-corrected chi connectivity index (χ2v) is 10.8. The lowest BCUT2D eigenvalue weighted by atomic mass is 9.61. The van der Waals surface area contributed by atoms with Crippen LogP contribution in [0.5, 0.6) is 0 Å². The second kappa shape index (κ2) is 8.94. The van der Waals surface area contributed by atoms with Crippen LogP contribution in [0.3, 0.4) is 0 Å². The molecule has 3 fully saturated rings. The summed E-state index contributed by atoms with van der Waals surface area (Å²) in [6.45, 7) is 12.8. The highest BCUT2D eigenvalue weighted by Crippen LogP contribution is 2.59. The Hall–Kier alpha value is -1.12. The van der Waals surface area contributed by atoms with Crippen LogP contribution in [0, 0.1) is 23.2 Å². The molecule has 0 aromatic carbocycles. The zero-order chi connectivity index (χ0) is 21.2. The van der Waals surface area contributed by atoms with Crippen LogP contribution in [0.25, 0.3) is 0 Å². The van der Waals surface area contributed by atoms with Crippen LogP contribution in [0.2, 0.25) is 0 Å². The normalized spacial score (nSPS) is 37.4. The van der Waals surface area contributed by atoms with E-state index in [2.05, 4.69) is 38.7 Å². The first-order valence-corrected chi connectivity index (χ1v) is 11.8. The van der Waals surface area contributed by atoms with Crippen LogP contribution in [0.4, 0.5) is 0 Å². The lowest BCUT2D eigenvalue weighted by Gasteiger charge is -2.44. The van der Waals surface area contributed by atoms with Crippen LogP contribution in [0.15, 0.2) is 47.6 Å². The fraction of sp³-hybridized carbons (Fsp3) is 0.704. The lowest BCUT2D eigenvalue weighted by molar-refractivity contribution is 0.0979. The highest BCUT2D eigenvalue weighted by molar-refractivity contribution is 5.36. The Kier molecular flexibility index (Phi) is 6.95. The van der Waals surface area contributed by atoms with Gasteiger partial charge in [-0.3, -0.25) is 0 Å². The minimum atomic E-state index is -0.715. The molecule has 5 atom stereocenters. The van der Waals surface area contributed by atoms with Crippen molar-refractivity contribution >= 4 is 0 Å². The summed E-state index contributed by atoms with van der Waals surface area (Å²) in [5, 5.41) is 20.0. The van der Waals surface area contributed by atoms with E-state index in [0.29, 0.717) is 17.3 Å². The van der Waals surface area contributed by atoms with Gasteiger partial charge in [0, 0.05) is 0 Å². The Morgan fingerprint density at radius 1 is 1.21 bits per heavy atom. The average molecular weight is 399 g/mol. The van der Waals surface area contributed by atoms with Gasteiger partial charge in [0.1, 0.15) is 0 Å². The van der Waals surface area contributed by atoms with Gasteiger partial charge in [-0.05, 0) is 100 Å².